The maximum atomic E-state index is 12.5. The van der Waals surface area contributed by atoms with E-state index in [1.807, 2.05) is 13.8 Å². The number of nitrogens with zero attached hydrogens (tertiary/aromatic N) is 2. The quantitative estimate of drug-likeness (QED) is 0.898. The van der Waals surface area contributed by atoms with Crippen LogP contribution in [0.1, 0.15) is 54.4 Å². The lowest BCUT2D eigenvalue weighted by Crippen LogP contribution is -2.46. The third kappa shape index (κ3) is 3.67. The van der Waals surface area contributed by atoms with Crippen molar-refractivity contribution in [1.82, 2.24) is 14.8 Å². The molecule has 2 heterocycles. The van der Waals surface area contributed by atoms with Gasteiger partial charge in [-0.15, -0.1) is 0 Å². The van der Waals surface area contributed by atoms with Crippen molar-refractivity contribution in [3.8, 4) is 0 Å². The Balaban J connectivity index is 2.01. The first-order valence-corrected chi connectivity index (χ1v) is 9.27. The molecular weight excluding hydrogens is 306 g/mol. The number of rotatable bonds is 4. The smallest absolute Gasteiger partial charge is 0.257 e. The summed E-state index contributed by atoms with van der Waals surface area (Å²) >= 11 is 0. The van der Waals surface area contributed by atoms with Gasteiger partial charge in [0.15, 0.2) is 5.76 Å². The van der Waals surface area contributed by atoms with Gasteiger partial charge < -0.3 is 9.84 Å². The highest BCUT2D eigenvalue weighted by atomic mass is 32.2. The van der Waals surface area contributed by atoms with Crippen LogP contribution in [0.3, 0.4) is 0 Å². The predicted octanol–water partition coefficient (Wildman–Crippen LogP) is 1.26. The second kappa shape index (κ2) is 6.37. The molecule has 2 rings (SSSR count). The molecule has 1 N–H and O–H groups in total. The molecule has 1 fully saturated rings. The Labute approximate surface area is 131 Å². The van der Waals surface area contributed by atoms with Gasteiger partial charge in [0.2, 0.25) is 10.0 Å². The van der Waals surface area contributed by atoms with Crippen LogP contribution in [-0.2, 0) is 10.0 Å². The summed E-state index contributed by atoms with van der Waals surface area (Å²) in [7, 11) is -3.15. The summed E-state index contributed by atoms with van der Waals surface area (Å²) < 4.78 is 29.6. The minimum Gasteiger partial charge on any atom is -0.360 e. The molecule has 124 valence electrons. The van der Waals surface area contributed by atoms with Crippen molar-refractivity contribution in [3.63, 3.8) is 0 Å². The number of carbonyl (C=O) groups is 1. The average molecular weight is 329 g/mol. The fourth-order valence-electron chi connectivity index (χ4n) is 2.65. The average Bonchev–Trinajstić information content (AvgIpc) is 2.80. The lowest BCUT2D eigenvalue weighted by molar-refractivity contribution is 0.0921. The number of piperidine rings is 1. The Morgan fingerprint density at radius 3 is 2.45 bits per heavy atom. The molecule has 0 unspecified atom stereocenters. The zero-order chi connectivity index (χ0) is 16.5. The summed E-state index contributed by atoms with van der Waals surface area (Å²) in [5.41, 5.74) is 1.08. The molecule has 1 aromatic heterocycles. The first kappa shape index (κ1) is 17.0. The fourth-order valence-corrected chi connectivity index (χ4v) is 3.52. The van der Waals surface area contributed by atoms with E-state index in [9.17, 15) is 13.2 Å². The van der Waals surface area contributed by atoms with E-state index in [1.165, 1.54) is 10.6 Å². The van der Waals surface area contributed by atoms with Crippen LogP contribution in [0.4, 0.5) is 0 Å². The minimum absolute atomic E-state index is 0.0280. The molecule has 0 radical (unpaired) electrons. The van der Waals surface area contributed by atoms with E-state index in [0.717, 1.165) is 0 Å². The van der Waals surface area contributed by atoms with Crippen LogP contribution in [0.2, 0.25) is 0 Å². The van der Waals surface area contributed by atoms with Gasteiger partial charge in [0.25, 0.3) is 5.91 Å². The van der Waals surface area contributed by atoms with E-state index in [1.54, 1.807) is 6.92 Å². The maximum Gasteiger partial charge on any atom is 0.257 e. The highest BCUT2D eigenvalue weighted by molar-refractivity contribution is 7.88. The van der Waals surface area contributed by atoms with E-state index < -0.39 is 10.0 Å². The van der Waals surface area contributed by atoms with Gasteiger partial charge in [-0.3, -0.25) is 4.79 Å². The summed E-state index contributed by atoms with van der Waals surface area (Å²) in [6.07, 6.45) is 2.43. The van der Waals surface area contributed by atoms with Crippen LogP contribution >= 0.6 is 0 Å². The maximum absolute atomic E-state index is 12.5. The molecule has 1 saturated heterocycles. The molecule has 7 nitrogen and oxygen atoms in total. The topological polar surface area (TPSA) is 92.5 Å². The number of aryl methyl sites for hydroxylation is 1. The molecule has 1 aliphatic heterocycles. The lowest BCUT2D eigenvalue weighted by Gasteiger charge is -2.30. The van der Waals surface area contributed by atoms with Crippen LogP contribution < -0.4 is 5.32 Å². The normalized spacial score (nSPS) is 17.9. The molecule has 0 atom stereocenters. The highest BCUT2D eigenvalue weighted by Crippen LogP contribution is 2.23. The van der Waals surface area contributed by atoms with Gasteiger partial charge in [-0.2, -0.15) is 0 Å². The second-order valence-electron chi connectivity index (χ2n) is 6.07. The van der Waals surface area contributed by atoms with Crippen LogP contribution in [0.15, 0.2) is 4.52 Å². The van der Waals surface area contributed by atoms with Crippen molar-refractivity contribution in [2.45, 2.75) is 45.6 Å². The van der Waals surface area contributed by atoms with Gasteiger partial charge in [0.1, 0.15) is 5.56 Å². The van der Waals surface area contributed by atoms with Gasteiger partial charge in [0.05, 0.1) is 11.9 Å². The summed E-state index contributed by atoms with van der Waals surface area (Å²) in [5, 5.41) is 6.84. The zero-order valence-electron chi connectivity index (χ0n) is 13.4. The Hall–Kier alpha value is -1.41. The number of nitrogens with one attached hydrogen (secondary N) is 1. The molecule has 0 spiro atoms. The van der Waals surface area contributed by atoms with E-state index >= 15 is 0 Å². The van der Waals surface area contributed by atoms with Crippen molar-refractivity contribution >= 4 is 15.9 Å². The molecule has 1 amide bonds. The molecule has 8 heteroatoms. The standard InChI is InChI=1S/C14H23N3O4S/c1-9(2)13-12(10(3)16-21-13)14(18)15-11-5-7-17(8-6-11)22(4,19)20/h9,11H,5-8H2,1-4H3,(H,15,18). The van der Waals surface area contributed by atoms with Crippen molar-refractivity contribution in [1.29, 1.82) is 0 Å². The zero-order valence-corrected chi connectivity index (χ0v) is 14.2. The lowest BCUT2D eigenvalue weighted by atomic mass is 10.0. The van der Waals surface area contributed by atoms with Crippen LogP contribution in [-0.4, -0.2) is 49.2 Å². The van der Waals surface area contributed by atoms with E-state index in [4.69, 9.17) is 4.52 Å². The van der Waals surface area contributed by atoms with Crippen molar-refractivity contribution in [3.05, 3.63) is 17.0 Å². The van der Waals surface area contributed by atoms with Crippen molar-refractivity contribution < 1.29 is 17.7 Å². The molecule has 1 aromatic rings. The molecule has 0 bridgehead atoms. The van der Waals surface area contributed by atoms with Crippen molar-refractivity contribution in [2.24, 2.45) is 0 Å². The Morgan fingerprint density at radius 2 is 1.95 bits per heavy atom. The van der Waals surface area contributed by atoms with Gasteiger partial charge in [0, 0.05) is 25.0 Å². The first-order chi connectivity index (χ1) is 10.2. The van der Waals surface area contributed by atoms with Gasteiger partial charge in [-0.05, 0) is 19.8 Å². The number of amides is 1. The fraction of sp³-hybridized carbons (Fsp3) is 0.714. The van der Waals surface area contributed by atoms with Gasteiger partial charge in [-0.25, -0.2) is 12.7 Å². The Morgan fingerprint density at radius 1 is 1.36 bits per heavy atom. The summed E-state index contributed by atoms with van der Waals surface area (Å²) in [6.45, 7) is 6.51. The highest BCUT2D eigenvalue weighted by Gasteiger charge is 2.28. The van der Waals surface area contributed by atoms with Crippen LogP contribution in [0.5, 0.6) is 0 Å². The van der Waals surface area contributed by atoms with Crippen LogP contribution in [0.25, 0.3) is 0 Å². The number of aromatic nitrogens is 1. The predicted molar refractivity (Wildman–Crippen MR) is 82.2 cm³/mol. The SMILES string of the molecule is Cc1noc(C(C)C)c1C(=O)NC1CCN(S(C)(=O)=O)CC1. The van der Waals surface area contributed by atoms with Gasteiger partial charge in [-0.1, -0.05) is 19.0 Å². The molecule has 0 aliphatic carbocycles. The van der Waals surface area contributed by atoms with Gasteiger partial charge >= 0.3 is 0 Å². The third-order valence-electron chi connectivity index (χ3n) is 3.90. The number of hydrogen-bond acceptors (Lipinski definition) is 5. The largest absolute Gasteiger partial charge is 0.360 e. The summed E-state index contributed by atoms with van der Waals surface area (Å²) in [6, 6.07) is -0.0280. The van der Waals surface area contributed by atoms with E-state index in [2.05, 4.69) is 10.5 Å². The molecule has 1 aliphatic rings. The second-order valence-corrected chi connectivity index (χ2v) is 8.05. The summed E-state index contributed by atoms with van der Waals surface area (Å²) in [5.74, 6) is 0.470. The first-order valence-electron chi connectivity index (χ1n) is 7.42. The third-order valence-corrected chi connectivity index (χ3v) is 5.20. The molecule has 22 heavy (non-hydrogen) atoms. The molecular formula is C14H23N3O4S. The summed E-state index contributed by atoms with van der Waals surface area (Å²) in [4.78, 5) is 12.5. The molecule has 0 aromatic carbocycles. The minimum atomic E-state index is -3.15. The monoisotopic (exact) mass is 329 g/mol. The van der Waals surface area contributed by atoms with Crippen LogP contribution in [0, 0.1) is 6.92 Å². The van der Waals surface area contributed by atoms with E-state index in [-0.39, 0.29) is 17.9 Å². The van der Waals surface area contributed by atoms with Crippen molar-refractivity contribution in [2.75, 3.05) is 19.3 Å². The number of hydrogen-bond donors (Lipinski definition) is 1. The van der Waals surface area contributed by atoms with E-state index in [0.29, 0.717) is 42.9 Å². The Kier molecular flexibility index (Phi) is 4.91. The number of sulfonamides is 1. The Bertz CT molecular complexity index is 643. The molecule has 0 saturated carbocycles. The number of carbonyl (C=O) groups excluding carboxylic acids is 1.